The summed E-state index contributed by atoms with van der Waals surface area (Å²) in [6.07, 6.45) is 19.0. The molecule has 0 unspecified atom stereocenters. The molecule has 0 aliphatic heterocycles. The van der Waals surface area contributed by atoms with E-state index in [1.54, 1.807) is 11.1 Å². The van der Waals surface area contributed by atoms with Crippen LogP contribution in [0.15, 0.2) is 60.0 Å². The van der Waals surface area contributed by atoms with Crippen molar-refractivity contribution < 1.29 is 0 Å². The summed E-state index contributed by atoms with van der Waals surface area (Å²) in [5.41, 5.74) is 7.80. The second kappa shape index (κ2) is 12.8. The van der Waals surface area contributed by atoms with Gasteiger partial charge in [-0.3, -0.25) is 0 Å². The SMILES string of the molecule is CCCCCCCCC1(CCCCCCCC)c2ccccc2-c2ccc(-c3cc4sccc4s3)cc21. The van der Waals surface area contributed by atoms with Crippen LogP contribution in [-0.2, 0) is 5.41 Å². The highest BCUT2D eigenvalue weighted by Crippen LogP contribution is 2.55. The Labute approximate surface area is 233 Å². The van der Waals surface area contributed by atoms with Crippen LogP contribution in [0.25, 0.3) is 31.0 Å². The fourth-order valence-electron chi connectivity index (χ4n) is 6.59. The lowest BCUT2D eigenvalue weighted by Crippen LogP contribution is -2.25. The van der Waals surface area contributed by atoms with Crippen LogP contribution in [0.4, 0.5) is 0 Å². The Kier molecular flexibility index (Phi) is 9.21. The van der Waals surface area contributed by atoms with Gasteiger partial charge >= 0.3 is 0 Å². The molecule has 37 heavy (non-hydrogen) atoms. The molecule has 196 valence electrons. The second-order valence-corrected chi connectivity index (χ2v) is 13.2. The van der Waals surface area contributed by atoms with Gasteiger partial charge in [-0.1, -0.05) is 127 Å². The van der Waals surface area contributed by atoms with E-state index in [9.17, 15) is 0 Å². The molecule has 2 heteroatoms. The number of benzene rings is 2. The van der Waals surface area contributed by atoms with E-state index in [-0.39, 0.29) is 5.41 Å². The van der Waals surface area contributed by atoms with E-state index >= 15 is 0 Å². The molecule has 4 aromatic rings. The number of unbranched alkanes of at least 4 members (excludes halogenated alkanes) is 10. The standard InChI is InChI=1S/C35H44S2/c1-3-5-7-9-11-15-22-35(23-16-12-10-8-6-4-2)30-18-14-13-17-28(30)29-20-19-27(25-31(29)35)33-26-34-32(37-33)21-24-36-34/h13-14,17-21,24-26H,3-12,15-16,22-23H2,1-2H3. The summed E-state index contributed by atoms with van der Waals surface area (Å²) in [4.78, 5) is 1.42. The molecule has 0 bridgehead atoms. The molecule has 0 spiro atoms. The third kappa shape index (κ3) is 5.76. The van der Waals surface area contributed by atoms with Gasteiger partial charge in [0.05, 0.1) is 0 Å². The average Bonchev–Trinajstić information content (AvgIpc) is 3.60. The maximum Gasteiger partial charge on any atom is 0.0457 e. The van der Waals surface area contributed by atoms with Gasteiger partial charge in [-0.05, 0) is 64.2 Å². The zero-order valence-electron chi connectivity index (χ0n) is 23.0. The second-order valence-electron chi connectivity index (χ2n) is 11.2. The Morgan fingerprint density at radius 2 is 1.24 bits per heavy atom. The van der Waals surface area contributed by atoms with E-state index in [0.717, 1.165) is 0 Å². The van der Waals surface area contributed by atoms with Gasteiger partial charge in [-0.15, -0.1) is 22.7 Å². The first-order chi connectivity index (χ1) is 18.3. The Bertz CT molecular complexity index is 1230. The van der Waals surface area contributed by atoms with Crippen LogP contribution < -0.4 is 0 Å². The summed E-state index contributed by atoms with van der Waals surface area (Å²) in [5.74, 6) is 0. The lowest BCUT2D eigenvalue weighted by Gasteiger charge is -2.33. The van der Waals surface area contributed by atoms with Gasteiger partial charge in [0.2, 0.25) is 0 Å². The van der Waals surface area contributed by atoms with Gasteiger partial charge in [0, 0.05) is 19.7 Å². The summed E-state index contributed by atoms with van der Waals surface area (Å²) >= 11 is 3.82. The molecule has 0 N–H and O–H groups in total. The minimum atomic E-state index is 0.173. The molecule has 0 radical (unpaired) electrons. The first-order valence-electron chi connectivity index (χ1n) is 15.0. The Hall–Kier alpha value is -1.90. The van der Waals surface area contributed by atoms with E-state index in [0.29, 0.717) is 0 Å². The molecule has 2 heterocycles. The Morgan fingerprint density at radius 3 is 1.95 bits per heavy atom. The van der Waals surface area contributed by atoms with Crippen molar-refractivity contribution in [3.8, 4) is 21.6 Å². The Balaban J connectivity index is 1.47. The fraction of sp³-hybridized carbons (Fsp3) is 0.486. The third-order valence-electron chi connectivity index (χ3n) is 8.61. The number of hydrogen-bond donors (Lipinski definition) is 0. The molecule has 1 aliphatic carbocycles. The molecular weight excluding hydrogens is 485 g/mol. The van der Waals surface area contributed by atoms with Crippen LogP contribution >= 0.6 is 22.7 Å². The zero-order valence-corrected chi connectivity index (χ0v) is 24.6. The van der Waals surface area contributed by atoms with Crippen molar-refractivity contribution in [1.29, 1.82) is 0 Å². The van der Waals surface area contributed by atoms with Crippen LogP contribution in [0.5, 0.6) is 0 Å². The molecule has 0 atom stereocenters. The fourth-order valence-corrected chi connectivity index (χ4v) is 8.70. The average molecular weight is 529 g/mol. The summed E-state index contributed by atoms with van der Waals surface area (Å²) < 4.78 is 2.85. The van der Waals surface area contributed by atoms with Crippen LogP contribution in [0.3, 0.4) is 0 Å². The van der Waals surface area contributed by atoms with Crippen molar-refractivity contribution in [2.75, 3.05) is 0 Å². The molecule has 2 aromatic heterocycles. The maximum atomic E-state index is 2.60. The molecule has 0 saturated heterocycles. The number of hydrogen-bond acceptors (Lipinski definition) is 2. The van der Waals surface area contributed by atoms with E-state index < -0.39 is 0 Å². The third-order valence-corrected chi connectivity index (χ3v) is 10.7. The van der Waals surface area contributed by atoms with Gasteiger partial charge < -0.3 is 0 Å². The molecule has 1 aliphatic rings. The number of thiophene rings is 2. The van der Waals surface area contributed by atoms with Gasteiger partial charge in [-0.2, -0.15) is 0 Å². The van der Waals surface area contributed by atoms with Gasteiger partial charge in [-0.25, -0.2) is 0 Å². The lowest BCUT2D eigenvalue weighted by molar-refractivity contribution is 0.398. The first-order valence-corrected chi connectivity index (χ1v) is 16.7. The molecule has 2 aromatic carbocycles. The normalized spacial score (nSPS) is 13.8. The van der Waals surface area contributed by atoms with Crippen molar-refractivity contribution >= 4 is 32.1 Å². The highest BCUT2D eigenvalue weighted by atomic mass is 32.1. The van der Waals surface area contributed by atoms with Crippen molar-refractivity contribution in [3.63, 3.8) is 0 Å². The van der Waals surface area contributed by atoms with Crippen molar-refractivity contribution in [3.05, 3.63) is 71.1 Å². The van der Waals surface area contributed by atoms with Crippen LogP contribution in [0.1, 0.15) is 115 Å². The van der Waals surface area contributed by atoms with Gasteiger partial charge in [0.15, 0.2) is 0 Å². The predicted molar refractivity (Wildman–Crippen MR) is 167 cm³/mol. The Morgan fingerprint density at radius 1 is 0.595 bits per heavy atom. The molecule has 0 fully saturated rings. The summed E-state index contributed by atoms with van der Waals surface area (Å²) in [6.45, 7) is 4.63. The summed E-state index contributed by atoms with van der Waals surface area (Å²) in [6, 6.07) is 21.5. The molecule has 0 nitrogen and oxygen atoms in total. The number of fused-ring (bicyclic) bond motifs is 4. The quantitative estimate of drug-likeness (QED) is 0.135. The van der Waals surface area contributed by atoms with Gasteiger partial charge in [0.1, 0.15) is 0 Å². The van der Waals surface area contributed by atoms with Crippen molar-refractivity contribution in [1.82, 2.24) is 0 Å². The minimum absolute atomic E-state index is 0.173. The summed E-state index contributed by atoms with van der Waals surface area (Å²) in [5, 5.41) is 2.22. The molecular formula is C35H44S2. The minimum Gasteiger partial charge on any atom is -0.143 e. The van der Waals surface area contributed by atoms with Gasteiger partial charge in [0.25, 0.3) is 0 Å². The predicted octanol–water partition coefficient (Wildman–Crippen LogP) is 12.4. The van der Waals surface area contributed by atoms with E-state index in [1.165, 1.54) is 121 Å². The molecule has 0 saturated carbocycles. The van der Waals surface area contributed by atoms with Crippen molar-refractivity contribution in [2.24, 2.45) is 0 Å². The highest BCUT2D eigenvalue weighted by Gasteiger charge is 2.42. The first kappa shape index (κ1) is 26.7. The molecule has 5 rings (SSSR count). The number of rotatable bonds is 15. The van der Waals surface area contributed by atoms with Crippen LogP contribution in [0.2, 0.25) is 0 Å². The van der Waals surface area contributed by atoms with E-state index in [4.69, 9.17) is 0 Å². The lowest BCUT2D eigenvalue weighted by atomic mass is 9.70. The monoisotopic (exact) mass is 528 g/mol. The zero-order chi connectivity index (χ0) is 25.5. The van der Waals surface area contributed by atoms with Crippen LogP contribution in [0, 0.1) is 0 Å². The van der Waals surface area contributed by atoms with Crippen LogP contribution in [-0.4, -0.2) is 0 Å². The van der Waals surface area contributed by atoms with E-state index in [1.807, 2.05) is 22.7 Å². The topological polar surface area (TPSA) is 0 Å². The maximum absolute atomic E-state index is 2.60. The molecule has 0 amide bonds. The highest BCUT2D eigenvalue weighted by molar-refractivity contribution is 7.28. The smallest absolute Gasteiger partial charge is 0.0457 e. The summed E-state index contributed by atoms with van der Waals surface area (Å²) in [7, 11) is 0. The van der Waals surface area contributed by atoms with E-state index in [2.05, 4.69) is 73.8 Å². The largest absolute Gasteiger partial charge is 0.143 e. The van der Waals surface area contributed by atoms with Crippen molar-refractivity contribution in [2.45, 2.75) is 109 Å².